The molecule has 0 spiro atoms. The van der Waals surface area contributed by atoms with Gasteiger partial charge in [-0.15, -0.1) is 0 Å². The van der Waals surface area contributed by atoms with E-state index >= 15 is 0 Å². The standard InChI is InChI=1S/C12H22N2O3/c1-3-14-11(15)9-10(12(14)16)13-7-5-4-6-8-17-2/h10,13H,3-9H2,1-2H3. The van der Waals surface area contributed by atoms with Crippen molar-refractivity contribution < 1.29 is 14.3 Å². The normalized spacial score (nSPS) is 20.4. The lowest BCUT2D eigenvalue weighted by atomic mass is 10.2. The third kappa shape index (κ3) is 4.09. The smallest absolute Gasteiger partial charge is 0.246 e. The summed E-state index contributed by atoms with van der Waals surface area (Å²) in [5.41, 5.74) is 0. The average molecular weight is 242 g/mol. The topological polar surface area (TPSA) is 58.6 Å². The quantitative estimate of drug-likeness (QED) is 0.498. The van der Waals surface area contributed by atoms with E-state index in [2.05, 4.69) is 5.32 Å². The molecular weight excluding hydrogens is 220 g/mol. The number of nitrogens with zero attached hydrogens (tertiary/aromatic N) is 1. The van der Waals surface area contributed by atoms with E-state index in [-0.39, 0.29) is 17.9 Å². The summed E-state index contributed by atoms with van der Waals surface area (Å²) in [6.45, 7) is 3.86. The highest BCUT2D eigenvalue weighted by Gasteiger charge is 2.36. The molecule has 1 heterocycles. The highest BCUT2D eigenvalue weighted by Crippen LogP contribution is 2.12. The van der Waals surface area contributed by atoms with Crippen molar-refractivity contribution in [2.75, 3.05) is 26.8 Å². The molecule has 98 valence electrons. The van der Waals surface area contributed by atoms with Gasteiger partial charge in [-0.05, 0) is 32.7 Å². The van der Waals surface area contributed by atoms with Crippen LogP contribution < -0.4 is 5.32 Å². The van der Waals surface area contributed by atoms with Gasteiger partial charge in [-0.25, -0.2) is 0 Å². The van der Waals surface area contributed by atoms with Gasteiger partial charge in [-0.2, -0.15) is 0 Å². The fraction of sp³-hybridized carbons (Fsp3) is 0.833. The zero-order valence-electron chi connectivity index (χ0n) is 10.7. The Morgan fingerprint density at radius 3 is 2.71 bits per heavy atom. The molecule has 0 aromatic rings. The van der Waals surface area contributed by atoms with Crippen LogP contribution in [0.5, 0.6) is 0 Å². The van der Waals surface area contributed by atoms with Crippen LogP contribution in [0.25, 0.3) is 0 Å². The lowest BCUT2D eigenvalue weighted by molar-refractivity contribution is -0.138. The molecule has 1 aliphatic rings. The van der Waals surface area contributed by atoms with E-state index in [4.69, 9.17) is 4.74 Å². The molecule has 1 unspecified atom stereocenters. The SMILES string of the molecule is CCN1C(=O)CC(NCCCCCOC)C1=O. The Labute approximate surface area is 102 Å². The molecule has 1 rings (SSSR count). The molecule has 1 fully saturated rings. The van der Waals surface area contributed by atoms with Crippen LogP contribution in [0.1, 0.15) is 32.6 Å². The van der Waals surface area contributed by atoms with E-state index in [0.29, 0.717) is 13.0 Å². The molecule has 5 heteroatoms. The first-order valence-corrected chi connectivity index (χ1v) is 6.27. The molecule has 0 aromatic carbocycles. The Morgan fingerprint density at radius 2 is 2.12 bits per heavy atom. The van der Waals surface area contributed by atoms with Gasteiger partial charge in [-0.3, -0.25) is 14.5 Å². The van der Waals surface area contributed by atoms with Crippen molar-refractivity contribution in [1.82, 2.24) is 10.2 Å². The van der Waals surface area contributed by atoms with E-state index < -0.39 is 0 Å². The van der Waals surface area contributed by atoms with Crippen molar-refractivity contribution in [2.45, 2.75) is 38.6 Å². The Bertz CT molecular complexity index is 268. The van der Waals surface area contributed by atoms with Gasteiger partial charge < -0.3 is 10.1 Å². The van der Waals surface area contributed by atoms with Crippen LogP contribution in [-0.4, -0.2) is 49.6 Å². The van der Waals surface area contributed by atoms with Crippen LogP contribution >= 0.6 is 0 Å². The predicted molar refractivity (Wildman–Crippen MR) is 64.5 cm³/mol. The largest absolute Gasteiger partial charge is 0.385 e. The molecule has 0 bridgehead atoms. The van der Waals surface area contributed by atoms with Crippen molar-refractivity contribution in [3.8, 4) is 0 Å². The third-order valence-corrected chi connectivity index (χ3v) is 2.98. The van der Waals surface area contributed by atoms with Gasteiger partial charge in [0.25, 0.3) is 0 Å². The Kier molecular flexibility index (Phi) is 6.15. The summed E-state index contributed by atoms with van der Waals surface area (Å²) in [6.07, 6.45) is 3.43. The highest BCUT2D eigenvalue weighted by atomic mass is 16.5. The van der Waals surface area contributed by atoms with E-state index in [1.807, 2.05) is 6.92 Å². The maximum absolute atomic E-state index is 11.7. The maximum atomic E-state index is 11.7. The summed E-state index contributed by atoms with van der Waals surface area (Å²) in [5, 5.41) is 3.15. The van der Waals surface area contributed by atoms with Crippen LogP contribution in [0, 0.1) is 0 Å². The molecule has 1 aliphatic heterocycles. The predicted octanol–water partition coefficient (Wildman–Crippen LogP) is 0.540. The summed E-state index contributed by atoms with van der Waals surface area (Å²) in [6, 6.07) is -0.301. The molecule has 17 heavy (non-hydrogen) atoms. The monoisotopic (exact) mass is 242 g/mol. The van der Waals surface area contributed by atoms with Gasteiger partial charge in [0.2, 0.25) is 11.8 Å². The first-order valence-electron chi connectivity index (χ1n) is 6.27. The number of amides is 2. The third-order valence-electron chi connectivity index (χ3n) is 2.98. The number of methoxy groups -OCH3 is 1. The minimum atomic E-state index is -0.301. The number of ether oxygens (including phenoxy) is 1. The van der Waals surface area contributed by atoms with E-state index in [0.717, 1.165) is 32.4 Å². The number of nitrogens with one attached hydrogen (secondary N) is 1. The molecule has 0 aliphatic carbocycles. The van der Waals surface area contributed by atoms with Crippen LogP contribution in [0.15, 0.2) is 0 Å². The number of likely N-dealkylation sites (N-methyl/N-ethyl adjacent to an activating group) is 1. The summed E-state index contributed by atoms with van der Waals surface area (Å²) in [4.78, 5) is 24.5. The maximum Gasteiger partial charge on any atom is 0.246 e. The fourth-order valence-electron chi connectivity index (χ4n) is 2.00. The Morgan fingerprint density at radius 1 is 1.35 bits per heavy atom. The van der Waals surface area contributed by atoms with Gasteiger partial charge in [0.1, 0.15) is 0 Å². The number of rotatable bonds is 8. The van der Waals surface area contributed by atoms with Gasteiger partial charge >= 0.3 is 0 Å². The van der Waals surface area contributed by atoms with Crippen molar-refractivity contribution in [3.63, 3.8) is 0 Å². The first-order chi connectivity index (χ1) is 8.20. The molecule has 0 saturated carbocycles. The van der Waals surface area contributed by atoms with Crippen molar-refractivity contribution in [1.29, 1.82) is 0 Å². The fourth-order valence-corrected chi connectivity index (χ4v) is 2.00. The Hall–Kier alpha value is -0.940. The summed E-state index contributed by atoms with van der Waals surface area (Å²) in [5.74, 6) is -0.135. The van der Waals surface area contributed by atoms with E-state index in [1.165, 1.54) is 4.90 Å². The number of imide groups is 1. The highest BCUT2D eigenvalue weighted by molar-refractivity contribution is 6.05. The molecule has 0 aromatic heterocycles. The number of likely N-dealkylation sites (tertiary alicyclic amines) is 1. The number of carbonyl (C=O) groups is 2. The van der Waals surface area contributed by atoms with E-state index in [9.17, 15) is 9.59 Å². The minimum Gasteiger partial charge on any atom is -0.385 e. The molecule has 1 N–H and O–H groups in total. The first kappa shape index (κ1) is 14.1. The average Bonchev–Trinajstić information content (AvgIpc) is 2.58. The molecule has 0 radical (unpaired) electrons. The van der Waals surface area contributed by atoms with Gasteiger partial charge in [0.15, 0.2) is 0 Å². The summed E-state index contributed by atoms with van der Waals surface area (Å²) < 4.78 is 4.96. The molecule has 5 nitrogen and oxygen atoms in total. The molecule has 1 saturated heterocycles. The second-order valence-electron chi connectivity index (χ2n) is 4.24. The van der Waals surface area contributed by atoms with Crippen LogP contribution in [0.4, 0.5) is 0 Å². The van der Waals surface area contributed by atoms with Crippen LogP contribution in [0.2, 0.25) is 0 Å². The zero-order valence-corrected chi connectivity index (χ0v) is 10.7. The lowest BCUT2D eigenvalue weighted by Gasteiger charge is -2.12. The van der Waals surface area contributed by atoms with E-state index in [1.54, 1.807) is 7.11 Å². The molecular formula is C12H22N2O3. The second kappa shape index (κ2) is 7.40. The van der Waals surface area contributed by atoms with Crippen molar-refractivity contribution in [2.24, 2.45) is 0 Å². The Balaban J connectivity index is 2.16. The minimum absolute atomic E-state index is 0.0608. The van der Waals surface area contributed by atoms with Gasteiger partial charge in [0.05, 0.1) is 12.5 Å². The summed E-state index contributed by atoms with van der Waals surface area (Å²) >= 11 is 0. The number of hydrogen-bond donors (Lipinski definition) is 1. The number of unbranched alkanes of at least 4 members (excludes halogenated alkanes) is 2. The van der Waals surface area contributed by atoms with Crippen LogP contribution in [-0.2, 0) is 14.3 Å². The second-order valence-corrected chi connectivity index (χ2v) is 4.24. The van der Waals surface area contributed by atoms with Gasteiger partial charge in [0, 0.05) is 20.3 Å². The van der Waals surface area contributed by atoms with Crippen LogP contribution in [0.3, 0.4) is 0 Å². The molecule has 2 amide bonds. The zero-order chi connectivity index (χ0) is 12.7. The number of hydrogen-bond acceptors (Lipinski definition) is 4. The lowest BCUT2D eigenvalue weighted by Crippen LogP contribution is -2.39. The van der Waals surface area contributed by atoms with Crippen molar-refractivity contribution >= 4 is 11.8 Å². The van der Waals surface area contributed by atoms with Crippen molar-refractivity contribution in [3.05, 3.63) is 0 Å². The number of carbonyl (C=O) groups excluding carboxylic acids is 2. The van der Waals surface area contributed by atoms with Gasteiger partial charge in [-0.1, -0.05) is 0 Å². The summed E-state index contributed by atoms with van der Waals surface area (Å²) in [7, 11) is 1.69. The molecule has 1 atom stereocenters.